The molecule has 1 aromatic carbocycles. The molecule has 0 radical (unpaired) electrons. The smallest absolute Gasteiger partial charge is 0.307 e. The van der Waals surface area contributed by atoms with Gasteiger partial charge in [0.05, 0.1) is 0 Å². The van der Waals surface area contributed by atoms with E-state index >= 15 is 0 Å². The van der Waals surface area contributed by atoms with Gasteiger partial charge in [-0.3, -0.25) is 0 Å². The highest BCUT2D eigenvalue weighted by Gasteiger charge is 2.39. The molecule has 1 saturated carbocycles. The van der Waals surface area contributed by atoms with Gasteiger partial charge in [-0.2, -0.15) is 13.2 Å². The zero-order valence-electron chi connectivity index (χ0n) is 13.0. The molecule has 0 saturated heterocycles. The van der Waals surface area contributed by atoms with Crippen molar-refractivity contribution < 1.29 is 13.2 Å². The summed E-state index contributed by atoms with van der Waals surface area (Å²) in [5.41, 5.74) is 2.85. The van der Waals surface area contributed by atoms with Crippen LogP contribution >= 0.6 is 11.3 Å². The van der Waals surface area contributed by atoms with Crippen molar-refractivity contribution in [3.63, 3.8) is 0 Å². The van der Waals surface area contributed by atoms with Gasteiger partial charge in [-0.05, 0) is 48.6 Å². The fourth-order valence-electron chi connectivity index (χ4n) is 4.13. The molecule has 1 fully saturated rings. The number of rotatable bonds is 3. The van der Waals surface area contributed by atoms with Gasteiger partial charge in [-0.25, -0.2) is 0 Å². The Balaban J connectivity index is 1.45. The van der Waals surface area contributed by atoms with Gasteiger partial charge in [0, 0.05) is 12.6 Å². The second-order valence-electron chi connectivity index (χ2n) is 6.68. The Morgan fingerprint density at radius 1 is 1.04 bits per heavy atom. The first-order valence-corrected chi connectivity index (χ1v) is 9.02. The van der Waals surface area contributed by atoms with Gasteiger partial charge in [0.1, 0.15) is 5.01 Å². The van der Waals surface area contributed by atoms with Gasteiger partial charge in [0.15, 0.2) is 0 Å². The third-order valence-corrected chi connectivity index (χ3v) is 6.17. The predicted octanol–water partition coefficient (Wildman–Crippen LogP) is 3.84. The first-order valence-electron chi connectivity index (χ1n) is 8.20. The van der Waals surface area contributed by atoms with Crippen LogP contribution in [0.15, 0.2) is 24.3 Å². The second-order valence-corrected chi connectivity index (χ2v) is 7.74. The molecule has 1 aromatic heterocycles. The summed E-state index contributed by atoms with van der Waals surface area (Å²) in [5, 5.41) is 9.97. The minimum atomic E-state index is -4.40. The number of aromatic nitrogens is 2. The highest BCUT2D eigenvalue weighted by atomic mass is 32.1. The van der Waals surface area contributed by atoms with E-state index in [-0.39, 0.29) is 0 Å². The molecule has 2 bridgehead atoms. The van der Waals surface area contributed by atoms with E-state index < -0.39 is 11.2 Å². The molecule has 0 amide bonds. The lowest BCUT2D eigenvalue weighted by molar-refractivity contribution is -0.138. The summed E-state index contributed by atoms with van der Waals surface area (Å²) in [5.74, 6) is 1.10. The topological polar surface area (TPSA) is 37.8 Å². The maximum atomic E-state index is 12.6. The molecular weight excluding hydrogens is 335 g/mol. The van der Waals surface area contributed by atoms with Crippen LogP contribution in [0.25, 0.3) is 0 Å². The lowest BCUT2D eigenvalue weighted by Crippen LogP contribution is -2.37. The number of benzene rings is 1. The SMILES string of the molecule is FC(F)(F)c1nnc(CNC2C3CCC2Cc2ccccc2C3)s1. The van der Waals surface area contributed by atoms with Crippen LogP contribution in [-0.2, 0) is 25.6 Å². The molecule has 4 rings (SSSR count). The number of hydrogen-bond acceptors (Lipinski definition) is 4. The van der Waals surface area contributed by atoms with Gasteiger partial charge in [-0.15, -0.1) is 10.2 Å². The first-order chi connectivity index (χ1) is 11.5. The molecule has 2 aromatic rings. The van der Waals surface area contributed by atoms with Gasteiger partial charge < -0.3 is 5.32 Å². The van der Waals surface area contributed by atoms with Crippen molar-refractivity contribution in [3.8, 4) is 0 Å². The summed E-state index contributed by atoms with van der Waals surface area (Å²) in [6, 6.07) is 8.91. The lowest BCUT2D eigenvalue weighted by atomic mass is 9.94. The fraction of sp³-hybridized carbons (Fsp3) is 0.529. The van der Waals surface area contributed by atoms with E-state index in [2.05, 4.69) is 39.8 Å². The minimum Gasteiger partial charge on any atom is -0.307 e. The number of nitrogens with zero attached hydrogens (tertiary/aromatic N) is 2. The first kappa shape index (κ1) is 16.0. The molecule has 24 heavy (non-hydrogen) atoms. The molecule has 3 nitrogen and oxygen atoms in total. The normalized spacial score (nSPS) is 26.2. The molecule has 0 aliphatic heterocycles. The molecule has 0 spiro atoms. The zero-order valence-corrected chi connectivity index (χ0v) is 13.8. The molecule has 1 N–H and O–H groups in total. The van der Waals surface area contributed by atoms with E-state index in [0.717, 1.165) is 12.8 Å². The summed E-state index contributed by atoms with van der Waals surface area (Å²) in [4.78, 5) is 0. The molecule has 7 heteroatoms. The molecule has 2 aliphatic carbocycles. The maximum absolute atomic E-state index is 12.6. The molecule has 1 heterocycles. The fourth-order valence-corrected chi connectivity index (χ4v) is 4.79. The lowest BCUT2D eigenvalue weighted by Gasteiger charge is -2.23. The van der Waals surface area contributed by atoms with E-state index in [9.17, 15) is 13.2 Å². The van der Waals surface area contributed by atoms with Crippen molar-refractivity contribution in [2.75, 3.05) is 0 Å². The largest absolute Gasteiger partial charge is 0.445 e. The van der Waals surface area contributed by atoms with Crippen LogP contribution in [0.3, 0.4) is 0 Å². The van der Waals surface area contributed by atoms with E-state index in [1.54, 1.807) is 0 Å². The molecule has 128 valence electrons. The van der Waals surface area contributed by atoms with Crippen molar-refractivity contribution in [2.45, 2.75) is 44.4 Å². The second kappa shape index (κ2) is 6.11. The molecule has 2 atom stereocenters. The van der Waals surface area contributed by atoms with Gasteiger partial charge in [-0.1, -0.05) is 35.6 Å². The highest BCUT2D eigenvalue weighted by molar-refractivity contribution is 7.11. The third-order valence-electron chi connectivity index (χ3n) is 5.20. The zero-order chi connectivity index (χ0) is 16.7. The third kappa shape index (κ3) is 3.07. The van der Waals surface area contributed by atoms with Crippen molar-refractivity contribution in [1.82, 2.24) is 15.5 Å². The number of alkyl halides is 3. The Bertz CT molecular complexity index is 695. The highest BCUT2D eigenvalue weighted by Crippen LogP contribution is 2.40. The summed E-state index contributed by atoms with van der Waals surface area (Å²) >= 11 is 0.634. The van der Waals surface area contributed by atoms with E-state index in [4.69, 9.17) is 0 Å². The number of halogens is 3. The van der Waals surface area contributed by atoms with Crippen molar-refractivity contribution in [2.24, 2.45) is 11.8 Å². The van der Waals surface area contributed by atoms with Crippen LogP contribution in [-0.4, -0.2) is 16.2 Å². The van der Waals surface area contributed by atoms with Crippen LogP contribution < -0.4 is 5.32 Å². The average molecular weight is 353 g/mol. The summed E-state index contributed by atoms with van der Waals surface area (Å²) < 4.78 is 37.9. The van der Waals surface area contributed by atoms with Crippen LogP contribution in [0.2, 0.25) is 0 Å². The summed E-state index contributed by atoms with van der Waals surface area (Å²) in [6.45, 7) is 0.363. The molecule has 2 unspecified atom stereocenters. The van der Waals surface area contributed by atoms with Gasteiger partial charge >= 0.3 is 6.18 Å². The van der Waals surface area contributed by atoms with Crippen molar-refractivity contribution in [1.29, 1.82) is 0 Å². The molecule has 2 aliphatic rings. The summed E-state index contributed by atoms with van der Waals surface area (Å²) in [7, 11) is 0. The average Bonchev–Trinajstić information content (AvgIpc) is 3.09. The van der Waals surface area contributed by atoms with Crippen LogP contribution in [0.4, 0.5) is 13.2 Å². The quantitative estimate of drug-likeness (QED) is 0.911. The van der Waals surface area contributed by atoms with E-state index in [1.165, 1.54) is 24.0 Å². The van der Waals surface area contributed by atoms with E-state index in [0.29, 0.717) is 40.8 Å². The predicted molar refractivity (Wildman–Crippen MR) is 85.6 cm³/mol. The monoisotopic (exact) mass is 353 g/mol. The molecular formula is C17H18F3N3S. The Labute approximate surface area is 142 Å². The number of hydrogen-bond donors (Lipinski definition) is 1. The van der Waals surface area contributed by atoms with Crippen molar-refractivity contribution >= 4 is 11.3 Å². The maximum Gasteiger partial charge on any atom is 0.445 e. The Morgan fingerprint density at radius 3 is 2.21 bits per heavy atom. The van der Waals surface area contributed by atoms with Crippen LogP contribution in [0, 0.1) is 11.8 Å². The van der Waals surface area contributed by atoms with E-state index in [1.807, 2.05) is 0 Å². The number of nitrogens with one attached hydrogen (secondary N) is 1. The van der Waals surface area contributed by atoms with Gasteiger partial charge in [0.25, 0.3) is 0 Å². The summed E-state index contributed by atoms with van der Waals surface area (Å²) in [6.07, 6.45) is 0.0581. The van der Waals surface area contributed by atoms with Crippen molar-refractivity contribution in [3.05, 3.63) is 45.4 Å². The van der Waals surface area contributed by atoms with Crippen LogP contribution in [0.5, 0.6) is 0 Å². The standard InChI is InChI=1S/C17H18F3N3S/c18-17(19,20)16-23-22-14(24-16)9-21-15-12-5-6-13(15)8-11-4-2-1-3-10(11)7-12/h1-4,12-13,15,21H,5-9H2. The Morgan fingerprint density at radius 2 is 1.67 bits per heavy atom. The number of fused-ring (bicyclic) bond motifs is 3. The van der Waals surface area contributed by atoms with Gasteiger partial charge in [0.2, 0.25) is 5.01 Å². The van der Waals surface area contributed by atoms with Crippen LogP contribution in [0.1, 0.15) is 34.0 Å². The Hall–Kier alpha value is -1.47. The minimum absolute atomic E-state index is 0.343. The Kier molecular flexibility index (Phi) is 4.08.